The molecule has 0 aliphatic heterocycles. The largest absolute Gasteiger partial charge is 0.469 e. The number of ether oxygens (including phenoxy) is 1. The van der Waals surface area contributed by atoms with Crippen LogP contribution in [-0.2, 0) is 23.9 Å². The highest BCUT2D eigenvalue weighted by Crippen LogP contribution is 2.64. The maximum Gasteiger partial charge on any atom is 0.311 e. The molecular weight excluding hydrogens is 664 g/mol. The van der Waals surface area contributed by atoms with Crippen molar-refractivity contribution >= 4 is 23.3 Å². The first kappa shape index (κ1) is 37.0. The van der Waals surface area contributed by atoms with Gasteiger partial charge in [0.25, 0.3) is 0 Å². The summed E-state index contributed by atoms with van der Waals surface area (Å²) in [7, 11) is 1.54. The lowest BCUT2D eigenvalue weighted by atomic mass is 9.46. The van der Waals surface area contributed by atoms with Crippen molar-refractivity contribution < 1.29 is 28.6 Å². The summed E-state index contributed by atoms with van der Waals surface area (Å²) in [4.78, 5) is 50.3. The third-order valence-corrected chi connectivity index (χ3v) is 19.0. The molecule has 0 amide bonds. The van der Waals surface area contributed by atoms with Crippen LogP contribution in [0.4, 0.5) is 4.70 Å². The molecule has 0 radical (unpaired) electrons. The van der Waals surface area contributed by atoms with Gasteiger partial charge in [-0.1, -0.05) is 0 Å². The van der Waals surface area contributed by atoms with Crippen LogP contribution in [0.15, 0.2) is 0 Å². The molecule has 0 heterocycles. The lowest BCUT2D eigenvalue weighted by Crippen LogP contribution is -2.53. The summed E-state index contributed by atoms with van der Waals surface area (Å²) in [5.41, 5.74) is -0.0440. The zero-order valence-electron chi connectivity index (χ0n) is 33.1. The molecule has 6 heteroatoms. The maximum atomic E-state index is 13.4. The smallest absolute Gasteiger partial charge is 0.311 e. The van der Waals surface area contributed by atoms with Crippen LogP contribution in [0.2, 0.25) is 0 Å². The number of esters is 1. The van der Waals surface area contributed by atoms with E-state index in [0.717, 1.165) is 129 Å². The van der Waals surface area contributed by atoms with Gasteiger partial charge in [0, 0.05) is 16.2 Å². The van der Waals surface area contributed by atoms with Gasteiger partial charge in [0.05, 0.1) is 18.9 Å². The standard InChI is InChI=1S/C23H32O2.C12H18O2.C12H18O.FH/c24-20(22-8-14-1-15(9-22)3-16(2-14)10-22)7-21(25)23-11-17-4-18(12-23)6-19(5-17)13-23;1-14-11(13)12-5-8-2-9(6-12)4-10(3-8)7-12;1-8(13)12-5-9-2-10(6-12)4-11(3-9)7-12;/h14-19H,1-13H2;8-10H,2-7H2,1H3;9-11H,2-7H2,1H3;1H. The van der Waals surface area contributed by atoms with Crippen molar-refractivity contribution in [2.75, 3.05) is 7.11 Å². The average molecular weight is 733 g/mol. The van der Waals surface area contributed by atoms with Gasteiger partial charge in [0.1, 0.15) is 17.3 Å². The summed E-state index contributed by atoms with van der Waals surface area (Å²) in [5.74, 6) is 11.3. The number of rotatable bonds is 6. The van der Waals surface area contributed by atoms with E-state index in [-0.39, 0.29) is 38.8 Å². The Balaban J connectivity index is 0.000000113. The number of Topliss-reactive ketones (excluding diaryl/α,β-unsaturated/α-hetero) is 3. The highest BCUT2D eigenvalue weighted by molar-refractivity contribution is 6.04. The van der Waals surface area contributed by atoms with E-state index >= 15 is 0 Å². The summed E-state index contributed by atoms with van der Waals surface area (Å²) < 4.78 is 5.00. The van der Waals surface area contributed by atoms with E-state index in [1.807, 2.05) is 6.92 Å². The number of carbonyl (C=O) groups is 4. The quantitative estimate of drug-likeness (QED) is 0.201. The van der Waals surface area contributed by atoms with E-state index in [1.54, 1.807) is 7.11 Å². The summed E-state index contributed by atoms with van der Waals surface area (Å²) in [6, 6.07) is 0. The molecule has 16 aliphatic rings. The first-order chi connectivity index (χ1) is 24.9. The molecule has 16 bridgehead atoms. The maximum absolute atomic E-state index is 13.4. The van der Waals surface area contributed by atoms with Crippen molar-refractivity contribution in [3.05, 3.63) is 0 Å². The Bertz CT molecular complexity index is 1300. The lowest BCUT2D eigenvalue weighted by molar-refractivity contribution is -0.168. The van der Waals surface area contributed by atoms with Crippen LogP contribution in [0.5, 0.6) is 0 Å². The van der Waals surface area contributed by atoms with Crippen molar-refractivity contribution in [3.63, 3.8) is 0 Å². The summed E-state index contributed by atoms with van der Waals surface area (Å²) >= 11 is 0. The second kappa shape index (κ2) is 13.2. The molecule has 16 aliphatic carbocycles. The van der Waals surface area contributed by atoms with Gasteiger partial charge in [-0.15, -0.1) is 0 Å². The second-order valence-corrected chi connectivity index (χ2v) is 22.9. The molecule has 0 aromatic carbocycles. The fourth-order valence-electron chi connectivity index (χ4n) is 18.5. The normalized spacial score (nSPS) is 51.8. The fourth-order valence-corrected chi connectivity index (χ4v) is 18.5. The molecule has 0 spiro atoms. The van der Waals surface area contributed by atoms with Crippen LogP contribution < -0.4 is 0 Å². The third-order valence-electron chi connectivity index (χ3n) is 19.0. The molecule has 5 nitrogen and oxygen atoms in total. The molecule has 0 atom stereocenters. The first-order valence-corrected chi connectivity index (χ1v) is 22.6. The highest BCUT2D eigenvalue weighted by Gasteiger charge is 2.59. The molecule has 294 valence electrons. The Morgan fingerprint density at radius 3 is 0.811 bits per heavy atom. The van der Waals surface area contributed by atoms with Crippen LogP contribution >= 0.6 is 0 Å². The van der Waals surface area contributed by atoms with Crippen molar-refractivity contribution in [1.82, 2.24) is 0 Å². The van der Waals surface area contributed by atoms with Gasteiger partial charge in [0.2, 0.25) is 0 Å². The van der Waals surface area contributed by atoms with Crippen molar-refractivity contribution in [2.45, 2.75) is 167 Å². The Labute approximate surface area is 318 Å². The van der Waals surface area contributed by atoms with Crippen molar-refractivity contribution in [3.8, 4) is 0 Å². The summed E-state index contributed by atoms with van der Waals surface area (Å²) in [6.45, 7) is 1.83. The number of halogens is 1. The molecule has 0 N–H and O–H groups in total. The summed E-state index contributed by atoms with van der Waals surface area (Å²) in [5, 5.41) is 0. The van der Waals surface area contributed by atoms with Crippen LogP contribution in [0, 0.1) is 92.7 Å². The van der Waals surface area contributed by atoms with Crippen molar-refractivity contribution in [2.24, 2.45) is 92.7 Å². The number of hydrogen-bond acceptors (Lipinski definition) is 5. The molecule has 16 saturated carbocycles. The van der Waals surface area contributed by atoms with Gasteiger partial charge >= 0.3 is 5.97 Å². The Morgan fingerprint density at radius 1 is 0.396 bits per heavy atom. The van der Waals surface area contributed by atoms with E-state index in [0.29, 0.717) is 17.3 Å². The number of methoxy groups -OCH3 is 1. The Hall–Kier alpha value is -1.59. The molecular formula is C47H69FO5. The van der Waals surface area contributed by atoms with E-state index in [1.165, 1.54) is 96.3 Å². The van der Waals surface area contributed by atoms with Gasteiger partial charge in [-0.05, 0) is 232 Å². The average Bonchev–Trinajstić information content (AvgIpc) is 3.06. The van der Waals surface area contributed by atoms with E-state index < -0.39 is 0 Å². The third kappa shape index (κ3) is 6.35. The van der Waals surface area contributed by atoms with Crippen LogP contribution in [-0.4, -0.2) is 30.4 Å². The predicted molar refractivity (Wildman–Crippen MR) is 202 cm³/mol. The predicted octanol–water partition coefficient (Wildman–Crippen LogP) is 10.3. The van der Waals surface area contributed by atoms with Gasteiger partial charge in [-0.3, -0.25) is 23.9 Å². The van der Waals surface area contributed by atoms with Crippen LogP contribution in [0.25, 0.3) is 0 Å². The van der Waals surface area contributed by atoms with Gasteiger partial charge < -0.3 is 4.74 Å². The minimum atomic E-state index is -0.0767. The molecule has 0 unspecified atom stereocenters. The minimum Gasteiger partial charge on any atom is -0.469 e. The zero-order chi connectivity index (χ0) is 35.6. The SMILES string of the molecule is CC(=O)C12CC3CC(CC(C3)C1)C2.COC(=O)C12CC3CC(CC(C3)C1)C2.F.O=C(CC(=O)C12CC3CC(CC(C3)C1)C2)C12CC3CC(CC(C3)C1)C2. The number of ketones is 3. The molecule has 16 rings (SSSR count). The second-order valence-electron chi connectivity index (χ2n) is 22.9. The van der Waals surface area contributed by atoms with E-state index in [4.69, 9.17) is 4.74 Å². The zero-order valence-corrected chi connectivity index (χ0v) is 33.1. The minimum absolute atomic E-state index is 0. The Kier molecular flexibility index (Phi) is 9.25. The summed E-state index contributed by atoms with van der Waals surface area (Å²) in [6.07, 6.45) is 30.7. The lowest BCUT2D eigenvalue weighted by Gasteiger charge is -2.57. The van der Waals surface area contributed by atoms with Gasteiger partial charge in [-0.2, -0.15) is 0 Å². The van der Waals surface area contributed by atoms with Gasteiger partial charge in [-0.25, -0.2) is 0 Å². The van der Waals surface area contributed by atoms with Crippen molar-refractivity contribution in [1.29, 1.82) is 0 Å². The molecule has 0 saturated heterocycles. The molecule has 16 fully saturated rings. The first-order valence-electron chi connectivity index (χ1n) is 22.6. The van der Waals surface area contributed by atoms with Crippen LogP contribution in [0.1, 0.15) is 167 Å². The van der Waals surface area contributed by atoms with E-state index in [9.17, 15) is 19.2 Å². The molecule has 0 aromatic heterocycles. The Morgan fingerprint density at radius 2 is 0.604 bits per heavy atom. The topological polar surface area (TPSA) is 77.5 Å². The fraction of sp³-hybridized carbons (Fsp3) is 0.915. The van der Waals surface area contributed by atoms with Crippen LogP contribution in [0.3, 0.4) is 0 Å². The monoisotopic (exact) mass is 733 g/mol. The number of carbonyl (C=O) groups excluding carboxylic acids is 4. The molecule has 0 aromatic rings. The highest BCUT2D eigenvalue weighted by atomic mass is 19.0. The number of hydrogen-bond donors (Lipinski definition) is 0. The van der Waals surface area contributed by atoms with Gasteiger partial charge in [0.15, 0.2) is 0 Å². The van der Waals surface area contributed by atoms with E-state index in [2.05, 4.69) is 0 Å². The molecule has 53 heavy (non-hydrogen) atoms.